The van der Waals surface area contributed by atoms with Gasteiger partial charge in [-0.1, -0.05) is 27.9 Å². The second-order valence-corrected chi connectivity index (χ2v) is 7.74. The zero-order valence-corrected chi connectivity index (χ0v) is 22.5. The summed E-state index contributed by atoms with van der Waals surface area (Å²) in [6.07, 6.45) is 0. The van der Waals surface area contributed by atoms with Gasteiger partial charge in [0, 0.05) is 26.0 Å². The Hall–Kier alpha value is -1.69. The van der Waals surface area contributed by atoms with E-state index >= 15 is 0 Å². The molecule has 0 unspecified atom stereocenters. The number of halogens is 10. The van der Waals surface area contributed by atoms with Crippen molar-refractivity contribution in [2.75, 3.05) is 0 Å². The summed E-state index contributed by atoms with van der Waals surface area (Å²) in [6.45, 7) is 11.0. The second kappa shape index (κ2) is 13.0. The number of allylic oxidation sites excluding steroid dienone is 4. The van der Waals surface area contributed by atoms with Crippen LogP contribution in [0.25, 0.3) is 0 Å². The Morgan fingerprint density at radius 2 is 0.514 bits per heavy atom. The standard InChI is InChI=1S/C10H15.2C6HF5S.Ir/c1-6-7(2)9(4)10(5)8(6)3;2*7-1-2(8)4(10)6(12)5(11)3(1)9;/h1-5H3;2*12H;/p-2. The molecule has 1 aliphatic rings. The van der Waals surface area contributed by atoms with Gasteiger partial charge in [-0.2, -0.15) is 0 Å². The van der Waals surface area contributed by atoms with Crippen LogP contribution in [0.15, 0.2) is 32.1 Å². The van der Waals surface area contributed by atoms with Crippen LogP contribution in [-0.2, 0) is 45.4 Å². The van der Waals surface area contributed by atoms with Crippen molar-refractivity contribution in [3.63, 3.8) is 0 Å². The fourth-order valence-corrected chi connectivity index (χ4v) is 2.93. The topological polar surface area (TPSA) is 0 Å². The van der Waals surface area contributed by atoms with Crippen LogP contribution in [0, 0.1) is 64.1 Å². The fourth-order valence-electron chi connectivity index (χ4n) is 2.58. The van der Waals surface area contributed by atoms with Crippen LogP contribution in [0.1, 0.15) is 34.6 Å². The zero-order valence-electron chi connectivity index (χ0n) is 18.4. The van der Waals surface area contributed by atoms with Gasteiger partial charge in [0.15, 0.2) is 34.9 Å². The maximum absolute atomic E-state index is 12.3. The Labute approximate surface area is 219 Å². The first-order valence-electron chi connectivity index (χ1n) is 9.05. The monoisotopic (exact) mass is 726 g/mol. The van der Waals surface area contributed by atoms with Gasteiger partial charge in [-0.25, -0.2) is 43.9 Å². The molecule has 0 N–H and O–H groups in total. The third-order valence-electron chi connectivity index (χ3n) is 5.15. The summed E-state index contributed by atoms with van der Waals surface area (Å²) >= 11 is 7.86. The van der Waals surface area contributed by atoms with Crippen LogP contribution in [-0.4, -0.2) is 0 Å². The Kier molecular flexibility index (Phi) is 12.4. The van der Waals surface area contributed by atoms with E-state index in [1.54, 1.807) is 0 Å². The summed E-state index contributed by atoms with van der Waals surface area (Å²) in [5.41, 5.74) is 5.87. The Morgan fingerprint density at radius 1 is 0.343 bits per heavy atom. The van der Waals surface area contributed by atoms with Crippen molar-refractivity contribution in [1.29, 1.82) is 0 Å². The van der Waals surface area contributed by atoms with Gasteiger partial charge in [0.05, 0.1) is 0 Å². The predicted octanol–water partition coefficient (Wildman–Crippen LogP) is 7.84. The summed E-state index contributed by atoms with van der Waals surface area (Å²) < 4.78 is 122. The molecule has 0 atom stereocenters. The van der Waals surface area contributed by atoms with E-state index < -0.39 is 68.0 Å². The first-order chi connectivity index (χ1) is 15.5. The van der Waals surface area contributed by atoms with Crippen molar-refractivity contribution < 1.29 is 64.0 Å². The molecular weight excluding hydrogens is 711 g/mol. The summed E-state index contributed by atoms with van der Waals surface area (Å²) in [5.74, 6) is -18.9. The second-order valence-electron chi connectivity index (χ2n) is 6.92. The van der Waals surface area contributed by atoms with Gasteiger partial charge in [-0.05, 0) is 38.8 Å². The number of benzene rings is 2. The SMILES string of the molecule is C[C]1C(C)=C(C)C(C)=C1C.Fc1c(F)c(F)c([S-])c(F)c1F.Fc1c(F)c(F)c([S-])c(F)c1F.[Ir]. The molecule has 0 spiro atoms. The number of rotatable bonds is 0. The molecule has 0 saturated heterocycles. The molecule has 35 heavy (non-hydrogen) atoms. The van der Waals surface area contributed by atoms with Crippen molar-refractivity contribution in [3.05, 3.63) is 86.4 Å². The van der Waals surface area contributed by atoms with Gasteiger partial charge < -0.3 is 25.3 Å². The largest absolute Gasteiger partial charge is 0.774 e. The van der Waals surface area contributed by atoms with E-state index in [1.165, 1.54) is 28.2 Å². The molecule has 3 rings (SSSR count). The average Bonchev–Trinajstić information content (AvgIpc) is 2.99. The van der Waals surface area contributed by atoms with Gasteiger partial charge in [0.25, 0.3) is 0 Å². The van der Waals surface area contributed by atoms with Crippen molar-refractivity contribution in [1.82, 2.24) is 0 Å². The van der Waals surface area contributed by atoms with Crippen molar-refractivity contribution in [2.24, 2.45) is 0 Å². The minimum Gasteiger partial charge on any atom is -0.774 e. The van der Waals surface area contributed by atoms with Crippen LogP contribution in [0.5, 0.6) is 0 Å². The van der Waals surface area contributed by atoms with Crippen molar-refractivity contribution >= 4 is 25.3 Å². The normalized spacial score (nSPS) is 13.2. The number of hydrogen-bond donors (Lipinski definition) is 0. The molecule has 2 aromatic rings. The van der Waals surface area contributed by atoms with Crippen LogP contribution >= 0.6 is 0 Å². The van der Waals surface area contributed by atoms with Gasteiger partial charge in [0.2, 0.25) is 0 Å². The molecule has 0 aromatic heterocycles. The summed E-state index contributed by atoms with van der Waals surface area (Å²) in [6, 6.07) is 0. The Morgan fingerprint density at radius 3 is 0.657 bits per heavy atom. The van der Waals surface area contributed by atoms with Crippen molar-refractivity contribution in [2.45, 2.75) is 44.4 Å². The Bertz CT molecular complexity index is 890. The minimum absolute atomic E-state index is 0. The smallest absolute Gasteiger partial charge is 0.200 e. The van der Waals surface area contributed by atoms with E-state index in [1.807, 2.05) is 0 Å². The summed E-state index contributed by atoms with van der Waals surface area (Å²) in [7, 11) is 0. The van der Waals surface area contributed by atoms with Crippen LogP contribution in [0.3, 0.4) is 0 Å². The van der Waals surface area contributed by atoms with E-state index in [2.05, 4.69) is 59.9 Å². The van der Waals surface area contributed by atoms with E-state index in [0.29, 0.717) is 0 Å². The molecule has 2 aromatic carbocycles. The van der Waals surface area contributed by atoms with Gasteiger partial charge in [-0.3, -0.25) is 0 Å². The van der Waals surface area contributed by atoms with E-state index in [-0.39, 0.29) is 20.1 Å². The quantitative estimate of drug-likeness (QED) is 0.118. The predicted molar refractivity (Wildman–Crippen MR) is 109 cm³/mol. The maximum Gasteiger partial charge on any atom is 0.200 e. The van der Waals surface area contributed by atoms with Crippen molar-refractivity contribution in [3.8, 4) is 0 Å². The van der Waals surface area contributed by atoms with E-state index in [9.17, 15) is 43.9 Å². The molecule has 0 amide bonds. The fraction of sp³-hybridized carbons (Fsp3) is 0.227. The van der Waals surface area contributed by atoms with E-state index in [4.69, 9.17) is 0 Å². The maximum atomic E-state index is 12.3. The molecule has 2 radical (unpaired) electrons. The molecule has 1 aliphatic carbocycles. The van der Waals surface area contributed by atoms with Crippen LogP contribution in [0.2, 0.25) is 0 Å². The van der Waals surface area contributed by atoms with E-state index in [0.717, 1.165) is 0 Å². The third-order valence-corrected chi connectivity index (χ3v) is 5.87. The molecule has 0 heterocycles. The molecule has 0 nitrogen and oxygen atoms in total. The van der Waals surface area contributed by atoms with Gasteiger partial charge in [-0.15, -0.1) is 0 Å². The van der Waals surface area contributed by atoms with Crippen LogP contribution < -0.4 is 0 Å². The molecule has 0 aliphatic heterocycles. The van der Waals surface area contributed by atoms with Gasteiger partial charge in [0.1, 0.15) is 23.3 Å². The molecule has 0 saturated carbocycles. The first kappa shape index (κ1) is 33.3. The number of hydrogen-bond acceptors (Lipinski definition) is 2. The Balaban J connectivity index is 0.000000491. The first-order valence-corrected chi connectivity index (χ1v) is 9.86. The molecule has 13 heteroatoms. The summed E-state index contributed by atoms with van der Waals surface area (Å²) in [5, 5.41) is 0. The third kappa shape index (κ3) is 6.75. The van der Waals surface area contributed by atoms with Crippen LogP contribution in [0.4, 0.5) is 43.9 Å². The molecule has 0 bridgehead atoms. The minimum atomic E-state index is -2.20. The van der Waals surface area contributed by atoms with Gasteiger partial charge >= 0.3 is 0 Å². The zero-order chi connectivity index (χ0) is 26.8. The average molecular weight is 726 g/mol. The summed E-state index contributed by atoms with van der Waals surface area (Å²) in [4.78, 5) is -2.57. The molecular formula is C22H15F10IrS2-2. The molecule has 196 valence electrons. The molecule has 0 fully saturated rings.